The molecule has 606 valence electrons. The van der Waals surface area contributed by atoms with Crippen molar-refractivity contribution >= 4 is 286 Å². The van der Waals surface area contributed by atoms with Crippen molar-refractivity contribution in [3.63, 3.8) is 0 Å². The second-order valence-electron chi connectivity index (χ2n) is 32.8. The molecule has 14 heterocycles. The number of thiophene rings is 7. The predicted molar refractivity (Wildman–Crippen MR) is 559 cm³/mol. The van der Waals surface area contributed by atoms with E-state index in [1.54, 1.807) is 0 Å². The number of benzene rings is 16. The summed E-state index contributed by atoms with van der Waals surface area (Å²) in [5.74, 6) is 2.09. The van der Waals surface area contributed by atoms with Crippen LogP contribution in [-0.4, -0.2) is 48.6 Å². The maximum absolute atomic E-state index is 5.52. The summed E-state index contributed by atoms with van der Waals surface area (Å²) in [6, 6.07) is 132. The molecular weight excluding hydrogens is 1720 g/mol. The Morgan fingerprint density at radius 2 is 0.454 bits per heavy atom. The molecule has 0 spiro atoms. The molecular formula is C113H62N10S7. The lowest BCUT2D eigenvalue weighted by atomic mass is 9.99. The van der Waals surface area contributed by atoms with Crippen LogP contribution in [0.5, 0.6) is 0 Å². The topological polar surface area (TPSA) is 105 Å². The number of fused-ring (bicyclic) bond motifs is 33. The highest BCUT2D eigenvalue weighted by atomic mass is 32.1. The average molecular weight is 1780 g/mol. The lowest BCUT2D eigenvalue weighted by Gasteiger charge is -2.13. The zero-order valence-electron chi connectivity index (χ0n) is 68.6. The first-order valence-corrected chi connectivity index (χ1v) is 48.8. The van der Waals surface area contributed by atoms with E-state index in [4.69, 9.17) is 34.9 Å². The van der Waals surface area contributed by atoms with Gasteiger partial charge >= 0.3 is 0 Å². The highest BCUT2D eigenvalue weighted by Crippen LogP contribution is 2.53. The molecule has 30 aromatic rings. The molecule has 0 atom stereocenters. The number of aromatic nitrogens is 10. The van der Waals surface area contributed by atoms with Crippen LogP contribution in [0.15, 0.2) is 376 Å². The maximum Gasteiger partial charge on any atom is 0.235 e. The number of nitrogens with zero attached hydrogens (tertiary/aromatic N) is 10. The van der Waals surface area contributed by atoms with Gasteiger partial charge < -0.3 is 0 Å². The second-order valence-corrected chi connectivity index (χ2v) is 40.2. The molecule has 0 amide bonds. The van der Waals surface area contributed by atoms with Crippen LogP contribution >= 0.6 is 79.4 Å². The third-order valence-corrected chi connectivity index (χ3v) is 34.1. The summed E-state index contributed by atoms with van der Waals surface area (Å²) in [5.41, 5.74) is 18.1. The Hall–Kier alpha value is -15.2. The zero-order valence-corrected chi connectivity index (χ0v) is 74.3. The first-order valence-electron chi connectivity index (χ1n) is 43.0. The highest BCUT2D eigenvalue weighted by Gasteiger charge is 2.30. The molecule has 0 aliphatic rings. The first-order chi connectivity index (χ1) is 64.5. The van der Waals surface area contributed by atoms with Gasteiger partial charge in [0.25, 0.3) is 0 Å². The van der Waals surface area contributed by atoms with Gasteiger partial charge in [0.15, 0.2) is 0 Å². The minimum absolute atomic E-state index is 0.673. The van der Waals surface area contributed by atoms with Crippen LogP contribution in [0, 0.1) is 0 Å². The Labute approximate surface area is 767 Å². The van der Waals surface area contributed by atoms with Crippen molar-refractivity contribution in [3.8, 4) is 62.9 Å². The van der Waals surface area contributed by atoms with Crippen LogP contribution in [0.4, 0.5) is 0 Å². The smallest absolute Gasteiger partial charge is 0.235 e. The van der Waals surface area contributed by atoms with E-state index in [0.29, 0.717) is 17.8 Å². The number of hydrogen-bond acceptors (Lipinski definition) is 14. The van der Waals surface area contributed by atoms with Crippen LogP contribution in [0.3, 0.4) is 0 Å². The monoisotopic (exact) mass is 1780 g/mol. The van der Waals surface area contributed by atoms with Crippen molar-refractivity contribution < 1.29 is 0 Å². The fourth-order valence-electron chi connectivity index (χ4n) is 19.7. The summed E-state index contributed by atoms with van der Waals surface area (Å²) in [6.45, 7) is 0. The van der Waals surface area contributed by atoms with E-state index < -0.39 is 0 Å². The van der Waals surface area contributed by atoms with Crippen LogP contribution in [0.1, 0.15) is 0 Å². The van der Waals surface area contributed by atoms with E-state index in [9.17, 15) is 0 Å². The summed E-state index contributed by atoms with van der Waals surface area (Å²) < 4.78 is 25.0. The van der Waals surface area contributed by atoms with Crippen molar-refractivity contribution in [2.45, 2.75) is 0 Å². The van der Waals surface area contributed by atoms with Crippen molar-refractivity contribution in [2.75, 3.05) is 0 Å². The molecule has 130 heavy (non-hydrogen) atoms. The third-order valence-electron chi connectivity index (χ3n) is 25.5. The van der Waals surface area contributed by atoms with Crippen LogP contribution in [-0.2, 0) is 0 Å². The largest absolute Gasteiger partial charge is 0.275 e. The molecule has 30 rings (SSSR count). The quantitative estimate of drug-likeness (QED) is 0.146. The van der Waals surface area contributed by atoms with Gasteiger partial charge in [0, 0.05) is 130 Å². The second kappa shape index (κ2) is 29.2. The number of pyridine rings is 1. The summed E-state index contributed by atoms with van der Waals surface area (Å²) in [7, 11) is 0. The van der Waals surface area contributed by atoms with Crippen molar-refractivity contribution in [3.05, 3.63) is 376 Å². The van der Waals surface area contributed by atoms with Gasteiger partial charge in [0.05, 0.1) is 94.9 Å². The van der Waals surface area contributed by atoms with E-state index >= 15 is 0 Å². The molecule has 10 nitrogen and oxygen atoms in total. The zero-order chi connectivity index (χ0) is 84.9. The lowest BCUT2D eigenvalue weighted by Crippen LogP contribution is -2.04. The van der Waals surface area contributed by atoms with Crippen molar-refractivity contribution in [2.24, 2.45) is 0 Å². The van der Waals surface area contributed by atoms with E-state index in [1.165, 1.54) is 164 Å². The molecule has 0 aliphatic carbocycles. The standard InChI is InChI=1S/C40H21N3S3.C40H23N3S2.C33H18N4S2/c1-2-10-24-22(9-1)17-20-29-34(23-18-19-26-25-11-3-6-14-30(25)44-33(26)21-23)41-40(42-35(24)29)43-36-27-12-4-7-15-31(27)45-38(36)39-37(43)28-13-5-8-16-32(28)46-39;1-2-10-24(11-3-1)25-18-20-27(21-19-25)34-31-23-22-26-12-4-5-13-28(26)35(31)42-40(41-34)43-36-29-14-6-8-16-32(29)44-38(36)39-37(43)30-15-7-9-17-33(30)45-39;1-2-10-20-19(9-1)16-17-23-27(20)35-33(36-28(23)24-13-7-8-18-34-24)37-29-21-11-3-5-14-25(21)38-31(29)32-30(37)22-12-4-6-15-26(22)39-32/h1-21H;1-23H;1-18H. The van der Waals surface area contributed by atoms with Crippen LogP contribution in [0.25, 0.3) is 270 Å². The van der Waals surface area contributed by atoms with Gasteiger partial charge in [0.2, 0.25) is 17.8 Å². The Morgan fingerprint density at radius 1 is 0.177 bits per heavy atom. The molecule has 17 heteroatoms. The molecule has 0 fully saturated rings. The van der Waals surface area contributed by atoms with E-state index in [1.807, 2.05) is 104 Å². The third kappa shape index (κ3) is 11.3. The Bertz CT molecular complexity index is 9730. The minimum atomic E-state index is 0.673. The van der Waals surface area contributed by atoms with Gasteiger partial charge in [-0.2, -0.15) is 0 Å². The summed E-state index contributed by atoms with van der Waals surface area (Å²) in [6.07, 6.45) is 1.83. The predicted octanol–water partition coefficient (Wildman–Crippen LogP) is 33.4. The fraction of sp³-hybridized carbons (Fsp3) is 0. The van der Waals surface area contributed by atoms with Gasteiger partial charge in [-0.3, -0.25) is 18.7 Å². The van der Waals surface area contributed by atoms with E-state index in [0.717, 1.165) is 88.2 Å². The fourth-order valence-corrected chi connectivity index (χ4v) is 28.4. The Kier molecular flexibility index (Phi) is 16.6. The van der Waals surface area contributed by atoms with Gasteiger partial charge in [-0.15, -0.1) is 79.4 Å². The molecule has 14 aromatic heterocycles. The summed E-state index contributed by atoms with van der Waals surface area (Å²) >= 11 is 13.0. The maximum atomic E-state index is 5.52. The Balaban J connectivity index is 0.0000000984. The van der Waals surface area contributed by atoms with Gasteiger partial charge in [0.1, 0.15) is 5.69 Å². The molecule has 0 saturated carbocycles. The highest BCUT2D eigenvalue weighted by molar-refractivity contribution is 7.35. The number of hydrogen-bond donors (Lipinski definition) is 0. The van der Waals surface area contributed by atoms with Gasteiger partial charge in [-0.05, 0) is 106 Å². The first kappa shape index (κ1) is 74.0. The van der Waals surface area contributed by atoms with Gasteiger partial charge in [-0.1, -0.05) is 291 Å². The van der Waals surface area contributed by atoms with Crippen molar-refractivity contribution in [1.29, 1.82) is 0 Å². The number of rotatable bonds is 7. The molecule has 16 aromatic carbocycles. The molecule has 0 saturated heterocycles. The molecule has 0 aliphatic heterocycles. The SMILES string of the molecule is c1ccc(-c2ccc(-c3nc(-n4c5c6ccccc6sc5c5sc6ccccc6c54)nc4c3ccc3ccccc34)cc2)cc1.c1ccc(-c2nc(-n3c4c5ccccc5sc4c4sc5ccccc5c43)nc3c2ccc2ccccc23)nc1.c1ccc2c(c1)ccc1c(-c3ccc4c(c3)sc3ccccc34)nc(-n3c4c5ccccc5sc4c4sc5ccccc5c43)nc12. The van der Waals surface area contributed by atoms with E-state index in [-0.39, 0.29) is 0 Å². The lowest BCUT2D eigenvalue weighted by molar-refractivity contribution is 1.02. The summed E-state index contributed by atoms with van der Waals surface area (Å²) in [4.78, 5) is 37.2. The minimum Gasteiger partial charge on any atom is -0.275 e. The normalized spacial score (nSPS) is 12.2. The average Bonchev–Trinajstić information content (AvgIpc) is 1.54. The van der Waals surface area contributed by atoms with Crippen molar-refractivity contribution in [1.82, 2.24) is 48.6 Å². The molecule has 0 unspecified atom stereocenters. The van der Waals surface area contributed by atoms with E-state index in [2.05, 4.69) is 366 Å². The van der Waals surface area contributed by atoms with Crippen LogP contribution in [0.2, 0.25) is 0 Å². The van der Waals surface area contributed by atoms with Gasteiger partial charge in [-0.25, -0.2) is 29.9 Å². The molecule has 0 radical (unpaired) electrons. The van der Waals surface area contributed by atoms with Crippen LogP contribution < -0.4 is 0 Å². The molecule has 0 N–H and O–H groups in total. The Morgan fingerprint density at radius 3 is 0.831 bits per heavy atom. The molecule has 0 bridgehead atoms. The summed E-state index contributed by atoms with van der Waals surface area (Å²) in [5, 5.41) is 20.0.